The van der Waals surface area contributed by atoms with Crippen LogP contribution in [-0.4, -0.2) is 63.8 Å². The van der Waals surface area contributed by atoms with Crippen LogP contribution in [0.5, 0.6) is 0 Å². The van der Waals surface area contributed by atoms with Gasteiger partial charge >= 0.3 is 6.03 Å². The summed E-state index contributed by atoms with van der Waals surface area (Å²) < 4.78 is 15.8. The Morgan fingerprint density at radius 2 is 1.94 bits per heavy atom. The number of nitriles is 1. The number of benzene rings is 2. The smallest absolute Gasteiger partial charge is 0.319 e. The number of carbonyl (C=O) groups is 1. The number of piperidine rings is 1. The monoisotopic (exact) mass is 699 g/mol. The summed E-state index contributed by atoms with van der Waals surface area (Å²) in [6.45, 7) is 5.50. The second-order valence-electron chi connectivity index (χ2n) is 12.5. The highest BCUT2D eigenvalue weighted by atomic mass is 35.5. The van der Waals surface area contributed by atoms with Gasteiger partial charge in [0.25, 0.3) is 0 Å². The van der Waals surface area contributed by atoms with E-state index < -0.39 is 11.8 Å². The molecule has 3 heterocycles. The third kappa shape index (κ3) is 8.25. The normalized spacial score (nSPS) is 16.6. The van der Waals surface area contributed by atoms with Gasteiger partial charge in [0.05, 0.1) is 46.1 Å². The molecule has 0 bridgehead atoms. The first-order valence-electron chi connectivity index (χ1n) is 15.8. The Labute approximate surface area is 293 Å². The maximum absolute atomic E-state index is 14.1. The Hall–Kier alpha value is -5.78. The molecule has 260 valence electrons. The van der Waals surface area contributed by atoms with Gasteiger partial charge in [0, 0.05) is 54.6 Å². The van der Waals surface area contributed by atoms with Crippen molar-refractivity contribution in [2.24, 2.45) is 27.6 Å². The van der Waals surface area contributed by atoms with Crippen molar-refractivity contribution in [1.82, 2.24) is 19.8 Å². The molecule has 0 spiro atoms. The van der Waals surface area contributed by atoms with E-state index in [9.17, 15) is 9.18 Å². The highest BCUT2D eigenvalue weighted by molar-refractivity contribution is 6.33. The van der Waals surface area contributed by atoms with Crippen molar-refractivity contribution in [2.75, 3.05) is 36.9 Å². The lowest BCUT2D eigenvalue weighted by Crippen LogP contribution is -2.52. The van der Waals surface area contributed by atoms with Crippen molar-refractivity contribution >= 4 is 46.0 Å². The van der Waals surface area contributed by atoms with Gasteiger partial charge in [-0.25, -0.2) is 18.7 Å². The number of aromatic nitrogens is 2. The van der Waals surface area contributed by atoms with Crippen LogP contribution in [0.3, 0.4) is 0 Å². The standard InChI is InChI=1S/C35H39ClFN11O2/c1-35(2)20-47(31(40)10-6-24(39)17-38)13-11-30(35)46-32-26(33(41)45-28-16-23(37)5-9-27(28)36)18-43-48-19-22(15-29(32)48)21-3-7-25(8-4-21)44-34(50)42-12-14-49/h3-10,15-16,18-19,30,46,49H,11-14,20,39-40H2,1-2H3,(H2,41,45)(H2,42,44,50)/b24-6-,31-10+. The first-order valence-corrected chi connectivity index (χ1v) is 16.2. The molecule has 0 saturated carbocycles. The summed E-state index contributed by atoms with van der Waals surface area (Å²) in [4.78, 5) is 18.6. The van der Waals surface area contributed by atoms with Gasteiger partial charge in [-0.15, -0.1) is 0 Å². The number of amides is 2. The number of amidine groups is 1. The topological polar surface area (TPSA) is 208 Å². The predicted molar refractivity (Wildman–Crippen MR) is 194 cm³/mol. The van der Waals surface area contributed by atoms with Gasteiger partial charge in [0.1, 0.15) is 23.4 Å². The highest BCUT2D eigenvalue weighted by Crippen LogP contribution is 2.37. The molecule has 0 radical (unpaired) electrons. The first-order chi connectivity index (χ1) is 23.9. The largest absolute Gasteiger partial charge is 0.395 e. The summed E-state index contributed by atoms with van der Waals surface area (Å²) in [5.74, 6) is 0.106. The molecule has 0 aliphatic carbocycles. The van der Waals surface area contributed by atoms with Crippen LogP contribution >= 0.6 is 11.6 Å². The van der Waals surface area contributed by atoms with Crippen molar-refractivity contribution in [3.63, 3.8) is 0 Å². The van der Waals surface area contributed by atoms with Crippen molar-refractivity contribution in [3.8, 4) is 17.2 Å². The zero-order valence-electron chi connectivity index (χ0n) is 27.6. The Bertz CT molecular complexity index is 2020. The van der Waals surface area contributed by atoms with Gasteiger partial charge in [0.15, 0.2) is 0 Å². The van der Waals surface area contributed by atoms with E-state index in [-0.39, 0.29) is 46.9 Å². The van der Waals surface area contributed by atoms with Crippen LogP contribution in [0, 0.1) is 22.6 Å². The number of carbonyl (C=O) groups excluding carboxylic acids is 1. The number of aliphatic imine (C=N–C) groups is 1. The van der Waals surface area contributed by atoms with Crippen LogP contribution in [-0.2, 0) is 0 Å². The maximum Gasteiger partial charge on any atom is 0.319 e. The summed E-state index contributed by atoms with van der Waals surface area (Å²) in [6, 6.07) is 14.6. The van der Waals surface area contributed by atoms with Gasteiger partial charge in [0.2, 0.25) is 0 Å². The third-order valence-electron chi connectivity index (χ3n) is 8.41. The summed E-state index contributed by atoms with van der Waals surface area (Å²) in [6.07, 6.45) is 7.32. The average Bonchev–Trinajstić information content (AvgIpc) is 3.53. The first kappa shape index (κ1) is 35.5. The number of aliphatic hydroxyl groups is 1. The number of nitrogens with zero attached hydrogens (tertiary/aromatic N) is 5. The van der Waals surface area contributed by atoms with Crippen LogP contribution in [0.1, 0.15) is 25.8 Å². The molecular weight excluding hydrogens is 661 g/mol. The molecule has 50 heavy (non-hydrogen) atoms. The SMILES string of the molecule is CC1(C)CN(/C(N)=C/C=C(\N)C#N)CCC1Nc1c(C(N)=Nc2cc(F)ccc2Cl)cnn2cc(-c3ccc(NC(=O)NCCO)cc3)cc12. The average molecular weight is 700 g/mol. The second-order valence-corrected chi connectivity index (χ2v) is 12.9. The van der Waals surface area contributed by atoms with Gasteiger partial charge in [-0.2, -0.15) is 10.4 Å². The van der Waals surface area contributed by atoms with Crippen LogP contribution in [0.4, 0.5) is 26.2 Å². The molecule has 1 atom stereocenters. The molecule has 1 aliphatic heterocycles. The van der Waals surface area contributed by atoms with Crippen molar-refractivity contribution < 1.29 is 14.3 Å². The molecule has 10 N–H and O–H groups in total. The van der Waals surface area contributed by atoms with E-state index in [0.29, 0.717) is 42.3 Å². The van der Waals surface area contributed by atoms with Crippen molar-refractivity contribution in [1.29, 1.82) is 5.26 Å². The van der Waals surface area contributed by atoms with E-state index in [4.69, 9.17) is 39.2 Å². The Morgan fingerprint density at radius 3 is 2.64 bits per heavy atom. The van der Waals surface area contributed by atoms with E-state index in [1.807, 2.05) is 35.4 Å². The Balaban J connectivity index is 1.51. The van der Waals surface area contributed by atoms with Gasteiger partial charge in [-0.05, 0) is 54.5 Å². The van der Waals surface area contributed by atoms with Gasteiger partial charge in [-0.1, -0.05) is 37.6 Å². The zero-order chi connectivity index (χ0) is 36.0. The lowest BCUT2D eigenvalue weighted by Gasteiger charge is -2.46. The summed E-state index contributed by atoms with van der Waals surface area (Å²) in [5.41, 5.74) is 22.8. The molecule has 2 aromatic carbocycles. The number of likely N-dealkylation sites (tertiary alicyclic amines) is 1. The summed E-state index contributed by atoms with van der Waals surface area (Å²) in [5, 5.41) is 31.8. The molecular formula is C35H39ClFN11O2. The fourth-order valence-corrected chi connectivity index (χ4v) is 5.91. The number of fused-ring (bicyclic) bond motifs is 1. The lowest BCUT2D eigenvalue weighted by atomic mass is 9.78. The molecule has 1 saturated heterocycles. The van der Waals surface area contributed by atoms with Crippen LogP contribution in [0.2, 0.25) is 5.02 Å². The molecule has 15 heteroatoms. The molecule has 1 unspecified atom stereocenters. The van der Waals surface area contributed by atoms with Crippen LogP contribution in [0.25, 0.3) is 16.6 Å². The molecule has 4 aromatic rings. The van der Waals surface area contributed by atoms with Crippen molar-refractivity contribution in [2.45, 2.75) is 26.3 Å². The summed E-state index contributed by atoms with van der Waals surface area (Å²) >= 11 is 6.33. The maximum atomic E-state index is 14.1. The number of urea groups is 1. The zero-order valence-corrected chi connectivity index (χ0v) is 28.4. The molecule has 13 nitrogen and oxygen atoms in total. The molecule has 1 aliphatic rings. The molecule has 2 aromatic heterocycles. The summed E-state index contributed by atoms with van der Waals surface area (Å²) in [7, 11) is 0. The van der Waals surface area contributed by atoms with Crippen molar-refractivity contribution in [3.05, 3.63) is 101 Å². The van der Waals surface area contributed by atoms with E-state index >= 15 is 0 Å². The second kappa shape index (κ2) is 15.2. The fraction of sp³-hybridized carbons (Fsp3) is 0.257. The molecule has 2 amide bonds. The van der Waals surface area contributed by atoms with E-state index in [2.05, 4.69) is 39.9 Å². The highest BCUT2D eigenvalue weighted by Gasteiger charge is 2.37. The Kier molecular flexibility index (Phi) is 10.8. The van der Waals surface area contributed by atoms with Gasteiger partial charge in [-0.3, -0.25) is 0 Å². The van der Waals surface area contributed by atoms with E-state index in [1.165, 1.54) is 24.3 Å². The number of nitrogens with two attached hydrogens (primary N) is 3. The number of nitrogens with one attached hydrogen (secondary N) is 3. The number of hydrogen-bond acceptors (Lipinski definition) is 9. The molecule has 1 fully saturated rings. The predicted octanol–water partition coefficient (Wildman–Crippen LogP) is 4.62. The van der Waals surface area contributed by atoms with Crippen LogP contribution < -0.4 is 33.2 Å². The quantitative estimate of drug-likeness (QED) is 0.0532. The fourth-order valence-electron chi connectivity index (χ4n) is 5.75. The molecule has 5 rings (SSSR count). The van der Waals surface area contributed by atoms with E-state index in [0.717, 1.165) is 16.6 Å². The number of halogens is 2. The number of anilines is 2. The number of rotatable bonds is 10. The lowest BCUT2D eigenvalue weighted by molar-refractivity contribution is 0.131. The van der Waals surface area contributed by atoms with Gasteiger partial charge < -0.3 is 43.2 Å². The number of aliphatic hydroxyl groups excluding tert-OH is 1. The number of hydrogen-bond donors (Lipinski definition) is 7. The third-order valence-corrected chi connectivity index (χ3v) is 8.73. The minimum Gasteiger partial charge on any atom is -0.395 e. The number of allylic oxidation sites excluding steroid dienone is 3. The Morgan fingerprint density at radius 1 is 1.18 bits per heavy atom. The van der Waals surface area contributed by atoms with Crippen LogP contribution in [0.15, 0.2) is 89.6 Å². The minimum absolute atomic E-state index is 0.0533. The van der Waals surface area contributed by atoms with E-state index in [1.54, 1.807) is 28.9 Å². The minimum atomic E-state index is -0.497.